The van der Waals surface area contributed by atoms with E-state index in [1.54, 1.807) is 60.7 Å². The van der Waals surface area contributed by atoms with E-state index in [2.05, 4.69) is 20.8 Å². The molecule has 1 heterocycles. The number of nitro benzene ring substituents is 1. The maximum absolute atomic E-state index is 12.6. The number of non-ortho nitro benzene ring substituents is 1. The van der Waals surface area contributed by atoms with Gasteiger partial charge < -0.3 is 5.32 Å². The van der Waals surface area contributed by atoms with Gasteiger partial charge in [-0.3, -0.25) is 29.8 Å². The summed E-state index contributed by atoms with van der Waals surface area (Å²) in [5.41, 5.74) is 2.02. The van der Waals surface area contributed by atoms with Crippen molar-refractivity contribution < 1.29 is 19.3 Å². The molecule has 0 saturated heterocycles. The lowest BCUT2D eigenvalue weighted by Gasteiger charge is -2.06. The average molecular weight is 502 g/mol. The maximum Gasteiger partial charge on any atom is 0.269 e. The van der Waals surface area contributed by atoms with E-state index in [0.717, 1.165) is 11.3 Å². The van der Waals surface area contributed by atoms with Crippen molar-refractivity contribution in [1.29, 1.82) is 0 Å². The minimum Gasteiger partial charge on any atom is -0.326 e. The van der Waals surface area contributed by atoms with E-state index in [4.69, 9.17) is 0 Å². The van der Waals surface area contributed by atoms with Crippen molar-refractivity contribution in [3.63, 3.8) is 0 Å². The number of nitrogens with zero attached hydrogens (tertiary/aromatic N) is 3. The highest BCUT2D eigenvalue weighted by molar-refractivity contribution is 7.18. The second-order valence-corrected chi connectivity index (χ2v) is 8.56. The predicted octanol–water partition coefficient (Wildman–Crippen LogP) is 4.97. The number of rotatable bonds is 9. The molecule has 0 fully saturated rings. The van der Waals surface area contributed by atoms with Gasteiger partial charge in [-0.2, -0.15) is 0 Å². The number of ketones is 1. The summed E-state index contributed by atoms with van der Waals surface area (Å²) in [6.45, 7) is 0. The van der Waals surface area contributed by atoms with E-state index in [9.17, 15) is 24.5 Å². The van der Waals surface area contributed by atoms with E-state index >= 15 is 0 Å². The van der Waals surface area contributed by atoms with Gasteiger partial charge >= 0.3 is 0 Å². The highest BCUT2D eigenvalue weighted by Crippen LogP contribution is 2.28. The normalized spacial score (nSPS) is 10.4. The number of carbonyl (C=O) groups is 3. The van der Waals surface area contributed by atoms with E-state index in [1.165, 1.54) is 12.1 Å². The van der Waals surface area contributed by atoms with Gasteiger partial charge in [-0.25, -0.2) is 0 Å². The quantitative estimate of drug-likeness (QED) is 0.187. The molecule has 0 spiro atoms. The lowest BCUT2D eigenvalue weighted by molar-refractivity contribution is -0.384. The van der Waals surface area contributed by atoms with Crippen LogP contribution >= 0.6 is 11.3 Å². The predicted molar refractivity (Wildman–Crippen MR) is 135 cm³/mol. The molecular weight excluding hydrogens is 482 g/mol. The Morgan fingerprint density at radius 2 is 1.50 bits per heavy atom. The summed E-state index contributed by atoms with van der Waals surface area (Å²) < 4.78 is 0. The zero-order valence-electron chi connectivity index (χ0n) is 18.7. The molecule has 0 atom stereocenters. The molecule has 10 nitrogen and oxygen atoms in total. The molecule has 2 N–H and O–H groups in total. The number of benzene rings is 3. The van der Waals surface area contributed by atoms with Crippen LogP contribution in [0.4, 0.5) is 16.5 Å². The first-order valence-electron chi connectivity index (χ1n) is 10.8. The summed E-state index contributed by atoms with van der Waals surface area (Å²) in [6, 6.07) is 20.9. The molecule has 1 aromatic heterocycles. The van der Waals surface area contributed by atoms with Crippen molar-refractivity contribution in [3.05, 3.63) is 100 Å². The zero-order valence-corrected chi connectivity index (χ0v) is 19.5. The fraction of sp³-hybridized carbons (Fsp3) is 0.0800. The molecule has 0 unspecified atom stereocenters. The number of anilines is 2. The van der Waals surface area contributed by atoms with Crippen LogP contribution in [-0.2, 0) is 4.79 Å². The highest BCUT2D eigenvalue weighted by atomic mass is 32.1. The second kappa shape index (κ2) is 11.1. The Balaban J connectivity index is 1.29. The van der Waals surface area contributed by atoms with Crippen LogP contribution in [0.25, 0.3) is 10.6 Å². The molecule has 2 amide bonds. The molecule has 11 heteroatoms. The third-order valence-electron chi connectivity index (χ3n) is 5.08. The summed E-state index contributed by atoms with van der Waals surface area (Å²) >= 11 is 1.13. The molecular formula is C25H19N5O5S. The number of amides is 2. The lowest BCUT2D eigenvalue weighted by atomic mass is 10.1. The second-order valence-electron chi connectivity index (χ2n) is 7.59. The van der Waals surface area contributed by atoms with Gasteiger partial charge in [0.2, 0.25) is 11.0 Å². The molecule has 4 aromatic rings. The zero-order chi connectivity index (χ0) is 25.5. The topological polar surface area (TPSA) is 144 Å². The minimum absolute atomic E-state index is 0.0305. The van der Waals surface area contributed by atoms with Gasteiger partial charge in [-0.05, 0) is 36.4 Å². The summed E-state index contributed by atoms with van der Waals surface area (Å²) in [4.78, 5) is 47.2. The standard InChI is InChI=1S/C25H19N5O5S/c31-21(16-4-2-1-3-5-16)14-15-22(32)26-19-10-6-17(7-11-19)23(33)27-25-29-28-24(36-25)18-8-12-20(13-9-18)30(34)35/h1-13H,14-15H2,(H,26,32)(H,27,29,33). The fourth-order valence-electron chi connectivity index (χ4n) is 3.21. The fourth-order valence-corrected chi connectivity index (χ4v) is 3.95. The van der Waals surface area contributed by atoms with Gasteiger partial charge in [0.1, 0.15) is 5.01 Å². The third-order valence-corrected chi connectivity index (χ3v) is 5.96. The van der Waals surface area contributed by atoms with Crippen LogP contribution in [0.15, 0.2) is 78.9 Å². The van der Waals surface area contributed by atoms with Crippen molar-refractivity contribution >= 4 is 45.4 Å². The van der Waals surface area contributed by atoms with Gasteiger partial charge in [0.25, 0.3) is 11.6 Å². The summed E-state index contributed by atoms with van der Waals surface area (Å²) in [7, 11) is 0. The monoisotopic (exact) mass is 501 g/mol. The van der Waals surface area contributed by atoms with Crippen molar-refractivity contribution in [1.82, 2.24) is 10.2 Å². The van der Waals surface area contributed by atoms with Crippen LogP contribution in [0.3, 0.4) is 0 Å². The van der Waals surface area contributed by atoms with E-state index in [1.807, 2.05) is 6.07 Å². The summed E-state index contributed by atoms with van der Waals surface area (Å²) in [5.74, 6) is -0.817. The summed E-state index contributed by atoms with van der Waals surface area (Å²) in [6.07, 6.45) is 0.143. The molecule has 180 valence electrons. The molecule has 0 radical (unpaired) electrons. The lowest BCUT2D eigenvalue weighted by Crippen LogP contribution is -2.14. The average Bonchev–Trinajstić information content (AvgIpc) is 3.36. The SMILES string of the molecule is O=C(CCC(=O)c1ccccc1)Nc1ccc(C(=O)Nc2nnc(-c3ccc([N+](=O)[O-])cc3)s2)cc1. The summed E-state index contributed by atoms with van der Waals surface area (Å²) in [5, 5.41) is 24.9. The molecule has 4 rings (SSSR count). The van der Waals surface area contributed by atoms with E-state index in [0.29, 0.717) is 27.4 Å². The Morgan fingerprint density at radius 1 is 0.806 bits per heavy atom. The molecule has 3 aromatic carbocycles. The van der Waals surface area contributed by atoms with E-state index < -0.39 is 10.8 Å². The number of aromatic nitrogens is 2. The van der Waals surface area contributed by atoms with Crippen LogP contribution in [0.2, 0.25) is 0 Å². The van der Waals surface area contributed by atoms with Crippen LogP contribution in [-0.4, -0.2) is 32.7 Å². The Morgan fingerprint density at radius 3 is 2.17 bits per heavy atom. The molecule has 0 bridgehead atoms. The number of carbonyl (C=O) groups excluding carboxylic acids is 3. The minimum atomic E-state index is -0.487. The van der Waals surface area contributed by atoms with Crippen molar-refractivity contribution in [2.24, 2.45) is 0 Å². The number of hydrogen-bond donors (Lipinski definition) is 2. The van der Waals surface area contributed by atoms with Gasteiger partial charge in [0.05, 0.1) is 4.92 Å². The van der Waals surface area contributed by atoms with Gasteiger partial charge in [-0.1, -0.05) is 41.7 Å². The van der Waals surface area contributed by atoms with Crippen LogP contribution in [0.1, 0.15) is 33.6 Å². The van der Waals surface area contributed by atoms with Crippen molar-refractivity contribution in [2.75, 3.05) is 10.6 Å². The smallest absolute Gasteiger partial charge is 0.269 e. The first-order chi connectivity index (χ1) is 17.4. The highest BCUT2D eigenvalue weighted by Gasteiger charge is 2.14. The number of nitrogens with one attached hydrogen (secondary N) is 2. The Hall–Kier alpha value is -4.77. The van der Waals surface area contributed by atoms with Crippen LogP contribution < -0.4 is 10.6 Å². The Bertz CT molecular complexity index is 1400. The maximum atomic E-state index is 12.6. The van der Waals surface area contributed by atoms with Crippen LogP contribution in [0, 0.1) is 10.1 Å². The number of nitro groups is 1. The van der Waals surface area contributed by atoms with Crippen molar-refractivity contribution in [2.45, 2.75) is 12.8 Å². The first-order valence-corrected chi connectivity index (χ1v) is 11.6. The molecule has 0 saturated carbocycles. The number of hydrogen-bond acceptors (Lipinski definition) is 8. The Kier molecular flexibility index (Phi) is 7.51. The van der Waals surface area contributed by atoms with Gasteiger partial charge in [-0.15, -0.1) is 10.2 Å². The molecule has 0 aliphatic carbocycles. The Labute approximate surface area is 209 Å². The molecule has 36 heavy (non-hydrogen) atoms. The van der Waals surface area contributed by atoms with Gasteiger partial charge in [0.15, 0.2) is 5.78 Å². The molecule has 0 aliphatic rings. The van der Waals surface area contributed by atoms with E-state index in [-0.39, 0.29) is 35.4 Å². The van der Waals surface area contributed by atoms with Gasteiger partial charge in [0, 0.05) is 47.4 Å². The number of Topliss-reactive ketones (excluding diaryl/α,β-unsaturated/α-hetero) is 1. The van der Waals surface area contributed by atoms with Crippen LogP contribution in [0.5, 0.6) is 0 Å². The first kappa shape index (κ1) is 24.4. The van der Waals surface area contributed by atoms with Crippen molar-refractivity contribution in [3.8, 4) is 10.6 Å². The third kappa shape index (κ3) is 6.21. The molecule has 0 aliphatic heterocycles. The largest absolute Gasteiger partial charge is 0.326 e.